The van der Waals surface area contributed by atoms with E-state index in [2.05, 4.69) is 36.0 Å². The van der Waals surface area contributed by atoms with Crippen molar-refractivity contribution in [1.29, 1.82) is 0 Å². The lowest BCUT2D eigenvalue weighted by molar-refractivity contribution is 0.0954. The number of carbonyl (C=O) groups excluding carboxylic acids is 1. The van der Waals surface area contributed by atoms with E-state index in [-0.39, 0.29) is 5.91 Å². The summed E-state index contributed by atoms with van der Waals surface area (Å²) in [6.07, 6.45) is 4.79. The molecule has 4 rings (SSSR count). The number of carbonyl (C=O) groups is 1. The predicted octanol–water partition coefficient (Wildman–Crippen LogP) is 0.981. The van der Waals surface area contributed by atoms with E-state index in [4.69, 9.17) is 0 Å². The summed E-state index contributed by atoms with van der Waals surface area (Å²) in [7, 11) is 1.78. The highest BCUT2D eigenvalue weighted by Crippen LogP contribution is 2.21. The minimum atomic E-state index is -0.186. The van der Waals surface area contributed by atoms with Crippen molar-refractivity contribution in [3.8, 4) is 0 Å². The second-order valence-electron chi connectivity index (χ2n) is 5.43. The summed E-state index contributed by atoms with van der Waals surface area (Å²) < 4.78 is 1.59. The van der Waals surface area contributed by atoms with Gasteiger partial charge in [0.1, 0.15) is 17.2 Å². The molecule has 0 spiro atoms. The minimum Gasteiger partial charge on any atom is -0.373 e. The van der Waals surface area contributed by atoms with E-state index in [1.54, 1.807) is 23.8 Å². The first-order chi connectivity index (χ1) is 11.7. The van der Waals surface area contributed by atoms with Crippen LogP contribution in [0.3, 0.4) is 0 Å². The molecule has 0 fully saturated rings. The topological polar surface area (TPSA) is 109 Å². The van der Waals surface area contributed by atoms with Crippen LogP contribution in [-0.4, -0.2) is 44.1 Å². The van der Waals surface area contributed by atoms with Crippen LogP contribution in [0, 0.1) is 0 Å². The monoisotopic (exact) mass is 324 g/mol. The van der Waals surface area contributed by atoms with E-state index >= 15 is 0 Å². The fraction of sp³-hybridized carbons (Fsp3) is 0.267. The predicted molar refractivity (Wildman–Crippen MR) is 88.5 cm³/mol. The van der Waals surface area contributed by atoms with E-state index in [9.17, 15) is 4.79 Å². The smallest absolute Gasteiger partial charge is 0.256 e. The summed E-state index contributed by atoms with van der Waals surface area (Å²) in [4.78, 5) is 25.6. The molecule has 3 N–H and O–H groups in total. The summed E-state index contributed by atoms with van der Waals surface area (Å²) in [5.41, 5.74) is 1.82. The third-order valence-corrected chi connectivity index (χ3v) is 3.82. The Bertz CT molecular complexity index is 919. The number of anilines is 3. The standard InChI is InChI=1S/C15H16N8O/c1-16-12-7-11-21-13-10(8-19-23(12)13)14(24)17-5-2-3-9-4-6-18-15(20-9)22-11/h4,6-8,16H,2-3,5H2,1H3,(H,17,24)(H,18,20,21,22). The summed E-state index contributed by atoms with van der Waals surface area (Å²) in [6, 6.07) is 3.66. The van der Waals surface area contributed by atoms with Gasteiger partial charge in [0, 0.05) is 31.5 Å². The van der Waals surface area contributed by atoms with Crippen LogP contribution in [0.5, 0.6) is 0 Å². The Morgan fingerprint density at radius 2 is 2.25 bits per heavy atom. The fourth-order valence-corrected chi connectivity index (χ4v) is 2.64. The Labute approximate surface area is 137 Å². The molecule has 3 aromatic rings. The number of hydrogen-bond acceptors (Lipinski definition) is 7. The number of fused-ring (bicyclic) bond motifs is 3. The van der Waals surface area contributed by atoms with Gasteiger partial charge in [-0.15, -0.1) is 0 Å². The average Bonchev–Trinajstić information content (AvgIpc) is 3.01. The maximum absolute atomic E-state index is 12.4. The van der Waals surface area contributed by atoms with Crippen LogP contribution < -0.4 is 16.0 Å². The van der Waals surface area contributed by atoms with E-state index in [1.807, 2.05) is 6.07 Å². The number of nitrogens with one attached hydrogen (secondary N) is 3. The van der Waals surface area contributed by atoms with Gasteiger partial charge < -0.3 is 16.0 Å². The van der Waals surface area contributed by atoms with E-state index in [1.165, 1.54) is 6.20 Å². The summed E-state index contributed by atoms with van der Waals surface area (Å²) in [5, 5.41) is 13.3. The molecule has 0 aliphatic carbocycles. The second-order valence-corrected chi connectivity index (χ2v) is 5.43. The molecule has 24 heavy (non-hydrogen) atoms. The van der Waals surface area contributed by atoms with Gasteiger partial charge in [-0.1, -0.05) is 0 Å². The molecular formula is C15H16N8O. The molecule has 1 aliphatic heterocycles. The van der Waals surface area contributed by atoms with Gasteiger partial charge in [-0.25, -0.2) is 15.0 Å². The van der Waals surface area contributed by atoms with Crippen LogP contribution in [-0.2, 0) is 6.42 Å². The Morgan fingerprint density at radius 1 is 1.33 bits per heavy atom. The zero-order valence-corrected chi connectivity index (χ0v) is 13.1. The largest absolute Gasteiger partial charge is 0.373 e. The molecule has 0 saturated heterocycles. The van der Waals surface area contributed by atoms with Gasteiger partial charge in [0.05, 0.1) is 6.20 Å². The van der Waals surface area contributed by atoms with Crippen molar-refractivity contribution in [3.63, 3.8) is 0 Å². The van der Waals surface area contributed by atoms with Crippen molar-refractivity contribution in [2.24, 2.45) is 0 Å². The lowest BCUT2D eigenvalue weighted by atomic mass is 10.2. The van der Waals surface area contributed by atoms with Gasteiger partial charge in [0.15, 0.2) is 5.65 Å². The molecule has 4 bridgehead atoms. The van der Waals surface area contributed by atoms with Crippen LogP contribution in [0.1, 0.15) is 22.5 Å². The zero-order valence-electron chi connectivity index (χ0n) is 13.1. The maximum Gasteiger partial charge on any atom is 0.256 e. The lowest BCUT2D eigenvalue weighted by Gasteiger charge is -2.09. The minimum absolute atomic E-state index is 0.186. The second kappa shape index (κ2) is 5.76. The molecular weight excluding hydrogens is 308 g/mol. The molecule has 1 amide bonds. The van der Waals surface area contributed by atoms with Gasteiger partial charge >= 0.3 is 0 Å². The van der Waals surface area contributed by atoms with Gasteiger partial charge in [-0.05, 0) is 18.9 Å². The zero-order chi connectivity index (χ0) is 16.5. The molecule has 122 valence electrons. The van der Waals surface area contributed by atoms with Crippen LogP contribution in [0.4, 0.5) is 17.6 Å². The number of amides is 1. The molecule has 0 saturated carbocycles. The van der Waals surface area contributed by atoms with E-state index in [0.29, 0.717) is 35.3 Å². The number of rotatable bonds is 1. The SMILES string of the molecule is CNc1cc2nc3c(cnn13)C(=O)NCCCc1ccnc(n1)N2. The van der Waals surface area contributed by atoms with Crippen molar-refractivity contribution in [2.45, 2.75) is 12.8 Å². The van der Waals surface area contributed by atoms with Gasteiger partial charge in [0.2, 0.25) is 5.95 Å². The first-order valence-corrected chi connectivity index (χ1v) is 7.68. The summed E-state index contributed by atoms with van der Waals surface area (Å²) in [5.74, 6) is 1.53. The van der Waals surface area contributed by atoms with Crippen LogP contribution >= 0.6 is 0 Å². The highest BCUT2D eigenvalue weighted by Gasteiger charge is 2.17. The van der Waals surface area contributed by atoms with Crippen molar-refractivity contribution in [3.05, 3.63) is 35.8 Å². The number of aryl methyl sites for hydroxylation is 1. The maximum atomic E-state index is 12.4. The first-order valence-electron chi connectivity index (χ1n) is 7.68. The highest BCUT2D eigenvalue weighted by molar-refractivity contribution is 6.00. The molecule has 9 heteroatoms. The molecule has 3 aromatic heterocycles. The molecule has 4 heterocycles. The first kappa shape index (κ1) is 14.4. The van der Waals surface area contributed by atoms with Crippen LogP contribution in [0.2, 0.25) is 0 Å². The average molecular weight is 324 g/mol. The highest BCUT2D eigenvalue weighted by atomic mass is 16.1. The Kier molecular flexibility index (Phi) is 3.45. The number of hydrogen-bond donors (Lipinski definition) is 3. The Balaban J connectivity index is 1.88. The van der Waals surface area contributed by atoms with Crippen molar-refractivity contribution >= 4 is 29.1 Å². The lowest BCUT2D eigenvalue weighted by Crippen LogP contribution is -2.24. The van der Waals surface area contributed by atoms with Gasteiger partial charge in [-0.3, -0.25) is 4.79 Å². The summed E-state index contributed by atoms with van der Waals surface area (Å²) >= 11 is 0. The molecule has 0 radical (unpaired) electrons. The van der Waals surface area contributed by atoms with E-state index < -0.39 is 0 Å². The summed E-state index contributed by atoms with van der Waals surface area (Å²) in [6.45, 7) is 0.557. The van der Waals surface area contributed by atoms with E-state index in [0.717, 1.165) is 18.5 Å². The third kappa shape index (κ3) is 2.49. The van der Waals surface area contributed by atoms with Crippen molar-refractivity contribution < 1.29 is 4.79 Å². The van der Waals surface area contributed by atoms with Crippen molar-refractivity contribution in [2.75, 3.05) is 24.2 Å². The van der Waals surface area contributed by atoms with Crippen LogP contribution in [0.15, 0.2) is 24.5 Å². The number of aromatic nitrogens is 5. The normalized spacial score (nSPS) is 14.3. The molecule has 9 nitrogen and oxygen atoms in total. The van der Waals surface area contributed by atoms with Gasteiger partial charge in [-0.2, -0.15) is 9.61 Å². The quantitative estimate of drug-likeness (QED) is 0.612. The Morgan fingerprint density at radius 3 is 3.12 bits per heavy atom. The number of nitrogens with zero attached hydrogens (tertiary/aromatic N) is 5. The van der Waals surface area contributed by atoms with Crippen molar-refractivity contribution in [1.82, 2.24) is 29.9 Å². The fourth-order valence-electron chi connectivity index (χ4n) is 2.64. The van der Waals surface area contributed by atoms with Gasteiger partial charge in [0.25, 0.3) is 5.91 Å². The molecule has 0 unspecified atom stereocenters. The Hall–Kier alpha value is -3.23. The van der Waals surface area contributed by atoms with Crippen LogP contribution in [0.25, 0.3) is 5.65 Å². The molecule has 0 atom stereocenters. The molecule has 1 aliphatic rings. The third-order valence-electron chi connectivity index (χ3n) is 3.82. The molecule has 0 aromatic carbocycles.